The lowest BCUT2D eigenvalue weighted by Crippen LogP contribution is -2.41. The first kappa shape index (κ1) is 14.3. The van der Waals surface area contributed by atoms with Crippen LogP contribution in [-0.2, 0) is 4.79 Å². The monoisotopic (exact) mass is 302 g/mol. The summed E-state index contributed by atoms with van der Waals surface area (Å²) in [5.41, 5.74) is 0.640. The Labute approximate surface area is 126 Å². The van der Waals surface area contributed by atoms with E-state index in [-0.39, 0.29) is 17.5 Å². The standard InChI is InChI=1S/C16H15FN2O3/c1-10-11(7-9-22-10)15(20)18-13-6-8-19(16(13)21)14-5-3-2-4-12(14)17/h2-5,7,9,13H,6,8H2,1H3,(H,18,20)/t13-/m1/s1. The number of halogens is 1. The summed E-state index contributed by atoms with van der Waals surface area (Å²) in [7, 11) is 0. The van der Waals surface area contributed by atoms with Crippen molar-refractivity contribution in [1.29, 1.82) is 0 Å². The summed E-state index contributed by atoms with van der Waals surface area (Å²) in [6.07, 6.45) is 1.86. The Morgan fingerprint density at radius 2 is 2.14 bits per heavy atom. The van der Waals surface area contributed by atoms with Gasteiger partial charge in [-0.2, -0.15) is 0 Å². The Hall–Kier alpha value is -2.63. The number of carbonyl (C=O) groups is 2. The van der Waals surface area contributed by atoms with Crippen LogP contribution in [0.3, 0.4) is 0 Å². The van der Waals surface area contributed by atoms with Gasteiger partial charge in [-0.3, -0.25) is 9.59 Å². The molecule has 22 heavy (non-hydrogen) atoms. The summed E-state index contributed by atoms with van der Waals surface area (Å²) < 4.78 is 18.9. The van der Waals surface area contributed by atoms with Gasteiger partial charge in [0, 0.05) is 6.54 Å². The van der Waals surface area contributed by atoms with Gasteiger partial charge in [0.15, 0.2) is 0 Å². The van der Waals surface area contributed by atoms with Crippen molar-refractivity contribution in [2.75, 3.05) is 11.4 Å². The van der Waals surface area contributed by atoms with E-state index in [0.717, 1.165) is 0 Å². The first-order chi connectivity index (χ1) is 10.6. The van der Waals surface area contributed by atoms with Crippen LogP contribution in [0.15, 0.2) is 41.0 Å². The second-order valence-electron chi connectivity index (χ2n) is 5.15. The van der Waals surface area contributed by atoms with Gasteiger partial charge < -0.3 is 14.6 Å². The normalized spacial score (nSPS) is 17.8. The molecule has 1 aliphatic rings. The zero-order chi connectivity index (χ0) is 15.7. The maximum absolute atomic E-state index is 13.8. The molecule has 1 N–H and O–H groups in total. The van der Waals surface area contributed by atoms with Crippen LogP contribution in [0.1, 0.15) is 22.5 Å². The highest BCUT2D eigenvalue weighted by molar-refractivity contribution is 6.04. The number of anilines is 1. The molecule has 0 radical (unpaired) electrons. The van der Waals surface area contributed by atoms with Crippen LogP contribution in [0.4, 0.5) is 10.1 Å². The van der Waals surface area contributed by atoms with Crippen molar-refractivity contribution in [2.45, 2.75) is 19.4 Å². The molecule has 2 heterocycles. The zero-order valence-corrected chi connectivity index (χ0v) is 12.0. The molecule has 0 saturated carbocycles. The van der Waals surface area contributed by atoms with E-state index in [1.54, 1.807) is 31.2 Å². The smallest absolute Gasteiger partial charge is 0.255 e. The van der Waals surface area contributed by atoms with Crippen molar-refractivity contribution in [3.8, 4) is 0 Å². The molecule has 5 nitrogen and oxygen atoms in total. The van der Waals surface area contributed by atoms with Gasteiger partial charge in [-0.15, -0.1) is 0 Å². The van der Waals surface area contributed by atoms with Crippen molar-refractivity contribution < 1.29 is 18.4 Å². The molecule has 114 valence electrons. The fourth-order valence-corrected chi connectivity index (χ4v) is 2.58. The summed E-state index contributed by atoms with van der Waals surface area (Å²) in [6.45, 7) is 2.05. The number of rotatable bonds is 3. The highest BCUT2D eigenvalue weighted by atomic mass is 19.1. The Morgan fingerprint density at radius 3 is 2.82 bits per heavy atom. The maximum Gasteiger partial charge on any atom is 0.255 e. The van der Waals surface area contributed by atoms with Crippen molar-refractivity contribution in [3.05, 3.63) is 53.7 Å². The molecule has 6 heteroatoms. The van der Waals surface area contributed by atoms with E-state index in [0.29, 0.717) is 24.3 Å². The van der Waals surface area contributed by atoms with E-state index in [2.05, 4.69) is 5.32 Å². The van der Waals surface area contributed by atoms with E-state index >= 15 is 0 Å². The lowest BCUT2D eigenvalue weighted by Gasteiger charge is -2.17. The van der Waals surface area contributed by atoms with Gasteiger partial charge in [0.05, 0.1) is 17.5 Å². The van der Waals surface area contributed by atoms with E-state index < -0.39 is 11.9 Å². The van der Waals surface area contributed by atoms with Gasteiger partial charge in [-0.05, 0) is 31.5 Å². The highest BCUT2D eigenvalue weighted by Gasteiger charge is 2.35. The molecular formula is C16H15FN2O3. The first-order valence-electron chi connectivity index (χ1n) is 6.99. The predicted molar refractivity (Wildman–Crippen MR) is 78.1 cm³/mol. The summed E-state index contributed by atoms with van der Waals surface area (Å²) in [6, 6.07) is 7.01. The molecule has 0 bridgehead atoms. The van der Waals surface area contributed by atoms with Crippen LogP contribution in [0, 0.1) is 12.7 Å². The van der Waals surface area contributed by atoms with E-state index in [4.69, 9.17) is 4.42 Å². The van der Waals surface area contributed by atoms with Gasteiger partial charge >= 0.3 is 0 Å². The van der Waals surface area contributed by atoms with E-state index in [1.807, 2.05) is 0 Å². The number of aryl methyl sites for hydroxylation is 1. The summed E-state index contributed by atoms with van der Waals surface area (Å²) in [5.74, 6) is -0.623. The van der Waals surface area contributed by atoms with Crippen LogP contribution in [0.2, 0.25) is 0 Å². The summed E-state index contributed by atoms with van der Waals surface area (Å²) in [4.78, 5) is 25.9. The molecule has 1 aromatic carbocycles. The van der Waals surface area contributed by atoms with Gasteiger partial charge in [0.1, 0.15) is 17.6 Å². The molecule has 1 atom stereocenters. The Balaban J connectivity index is 1.73. The van der Waals surface area contributed by atoms with E-state index in [1.165, 1.54) is 17.2 Å². The van der Waals surface area contributed by atoms with Gasteiger partial charge in [0.2, 0.25) is 5.91 Å². The molecule has 2 aromatic rings. The lowest BCUT2D eigenvalue weighted by molar-refractivity contribution is -0.118. The van der Waals surface area contributed by atoms with Crippen LogP contribution < -0.4 is 10.2 Å². The predicted octanol–water partition coefficient (Wildman–Crippen LogP) is 2.26. The van der Waals surface area contributed by atoms with Crippen LogP contribution in [0.25, 0.3) is 0 Å². The fraction of sp³-hybridized carbons (Fsp3) is 0.250. The second-order valence-corrected chi connectivity index (χ2v) is 5.15. The number of nitrogens with one attached hydrogen (secondary N) is 1. The quantitative estimate of drug-likeness (QED) is 0.946. The third-order valence-electron chi connectivity index (χ3n) is 3.76. The molecule has 2 amide bonds. The third kappa shape index (κ3) is 2.47. The van der Waals surface area contributed by atoms with Gasteiger partial charge in [-0.25, -0.2) is 4.39 Å². The molecule has 0 unspecified atom stereocenters. The third-order valence-corrected chi connectivity index (χ3v) is 3.76. The first-order valence-corrected chi connectivity index (χ1v) is 6.99. The number of para-hydroxylation sites is 1. The molecule has 1 fully saturated rings. The van der Waals surface area contributed by atoms with Crippen LogP contribution >= 0.6 is 0 Å². The summed E-state index contributed by atoms with van der Waals surface area (Å²) in [5, 5.41) is 2.68. The number of furan rings is 1. The Morgan fingerprint density at radius 1 is 1.36 bits per heavy atom. The van der Waals surface area contributed by atoms with Crippen molar-refractivity contribution in [1.82, 2.24) is 5.32 Å². The molecule has 1 saturated heterocycles. The number of benzene rings is 1. The highest BCUT2D eigenvalue weighted by Crippen LogP contribution is 2.24. The molecular weight excluding hydrogens is 287 g/mol. The number of carbonyl (C=O) groups excluding carboxylic acids is 2. The molecule has 1 aliphatic heterocycles. The number of nitrogens with zero attached hydrogens (tertiary/aromatic N) is 1. The van der Waals surface area contributed by atoms with Crippen molar-refractivity contribution in [3.63, 3.8) is 0 Å². The Bertz CT molecular complexity index is 726. The average Bonchev–Trinajstić information content (AvgIpc) is 3.07. The second kappa shape index (κ2) is 5.63. The van der Waals surface area contributed by atoms with Crippen molar-refractivity contribution in [2.24, 2.45) is 0 Å². The minimum Gasteiger partial charge on any atom is -0.469 e. The fourth-order valence-electron chi connectivity index (χ4n) is 2.58. The molecule has 0 spiro atoms. The maximum atomic E-state index is 13.8. The number of amides is 2. The number of hydrogen-bond acceptors (Lipinski definition) is 3. The number of hydrogen-bond donors (Lipinski definition) is 1. The molecule has 0 aliphatic carbocycles. The molecule has 3 rings (SSSR count). The Kier molecular flexibility index (Phi) is 3.66. The largest absolute Gasteiger partial charge is 0.469 e. The average molecular weight is 302 g/mol. The minimum absolute atomic E-state index is 0.240. The topological polar surface area (TPSA) is 62.6 Å². The zero-order valence-electron chi connectivity index (χ0n) is 12.0. The lowest BCUT2D eigenvalue weighted by atomic mass is 10.2. The van der Waals surface area contributed by atoms with Crippen LogP contribution in [-0.4, -0.2) is 24.4 Å². The van der Waals surface area contributed by atoms with Gasteiger partial charge in [-0.1, -0.05) is 12.1 Å². The van der Waals surface area contributed by atoms with Crippen LogP contribution in [0.5, 0.6) is 0 Å². The minimum atomic E-state index is -0.651. The van der Waals surface area contributed by atoms with Gasteiger partial charge in [0.25, 0.3) is 5.91 Å². The van der Waals surface area contributed by atoms with Crippen molar-refractivity contribution >= 4 is 17.5 Å². The van der Waals surface area contributed by atoms with E-state index in [9.17, 15) is 14.0 Å². The molecule has 1 aromatic heterocycles. The summed E-state index contributed by atoms with van der Waals surface area (Å²) >= 11 is 0. The SMILES string of the molecule is Cc1occc1C(=O)N[C@@H]1CCN(c2ccccc2F)C1=O.